The first-order chi connectivity index (χ1) is 5.00. The molecule has 0 aliphatic heterocycles. The molecule has 72 valence electrons. The maximum Gasteiger partial charge on any atom is 0.435 e. The van der Waals surface area contributed by atoms with Gasteiger partial charge >= 0.3 is 23.7 Å². The van der Waals surface area contributed by atoms with E-state index >= 15 is 0 Å². The average molecular weight is 200 g/mol. The summed E-state index contributed by atoms with van der Waals surface area (Å²) < 4.78 is 92.2. The van der Waals surface area contributed by atoms with Gasteiger partial charge in [0.05, 0.1) is 0 Å². The highest BCUT2D eigenvalue weighted by atomic mass is 19.4. The van der Waals surface area contributed by atoms with Crippen LogP contribution >= 0.6 is 0 Å². The lowest BCUT2D eigenvalue weighted by Gasteiger charge is -2.08. The Morgan fingerprint density at radius 1 is 0.667 bits per heavy atom. The van der Waals surface area contributed by atoms with Crippen LogP contribution in [0.15, 0.2) is 0 Å². The molecule has 0 nitrogen and oxygen atoms in total. The van der Waals surface area contributed by atoms with Crippen LogP contribution in [-0.2, 0) is 0 Å². The van der Waals surface area contributed by atoms with E-state index in [0.29, 0.717) is 0 Å². The summed E-state index contributed by atoms with van der Waals surface area (Å²) in [5, 5.41) is 0. The van der Waals surface area contributed by atoms with Gasteiger partial charge in [0.15, 0.2) is 0 Å². The molecule has 12 heavy (non-hydrogen) atoms. The second-order valence-electron chi connectivity index (χ2n) is 2.31. The predicted molar refractivity (Wildman–Crippen MR) is 19.8 cm³/mol. The quantitative estimate of drug-likeness (QED) is 0.527. The third-order valence-corrected chi connectivity index (χ3v) is 1.59. The summed E-state index contributed by atoms with van der Waals surface area (Å²) in [4.78, 5) is 0. The first-order valence-electron chi connectivity index (χ1n) is 2.51. The number of rotatable bonds is 0. The van der Waals surface area contributed by atoms with Crippen LogP contribution < -0.4 is 0 Å². The average Bonchev–Trinajstić information content (AvgIpc) is 2.09. The summed E-state index contributed by atoms with van der Waals surface area (Å²) in [7, 11) is 0. The maximum atomic E-state index is 11.9. The van der Waals surface area contributed by atoms with Crippen molar-refractivity contribution < 1.29 is 35.1 Å². The molecule has 0 radical (unpaired) electrons. The highest BCUT2D eigenvalue weighted by Crippen LogP contribution is 2.73. The summed E-state index contributed by atoms with van der Waals surface area (Å²) >= 11 is 0. The van der Waals surface area contributed by atoms with Crippen molar-refractivity contribution in [3.8, 4) is 0 Å². The molecular weight excluding hydrogens is 200 g/mol. The Balaban J connectivity index is 3.09. The van der Waals surface area contributed by atoms with Gasteiger partial charge in [-0.2, -0.15) is 30.7 Å². The first kappa shape index (κ1) is 9.53. The molecule has 0 unspecified atom stereocenters. The van der Waals surface area contributed by atoms with Crippen molar-refractivity contribution in [2.45, 2.75) is 23.7 Å². The number of halogens is 8. The fourth-order valence-corrected chi connectivity index (χ4v) is 0.743. The Morgan fingerprint density at radius 3 is 0.917 bits per heavy atom. The molecule has 1 fully saturated rings. The molecule has 0 aromatic heterocycles. The van der Waals surface area contributed by atoms with Crippen LogP contribution in [0.4, 0.5) is 35.1 Å². The van der Waals surface area contributed by atoms with Crippen LogP contribution in [0.2, 0.25) is 0 Å². The van der Waals surface area contributed by atoms with Crippen LogP contribution in [-0.4, -0.2) is 23.7 Å². The lowest BCUT2D eigenvalue weighted by Crippen LogP contribution is -2.34. The molecule has 0 saturated heterocycles. The van der Waals surface area contributed by atoms with Gasteiger partial charge in [-0.25, -0.2) is 4.39 Å². The minimum absolute atomic E-state index is 5.64. The lowest BCUT2D eigenvalue weighted by molar-refractivity contribution is -0.227. The molecule has 1 saturated carbocycles. The normalized spacial score (nSPS) is 30.0. The SMILES string of the molecule is FC(F)(F)C1(F)C(F)(F)C1(F)F. The molecule has 1 rings (SSSR count). The van der Waals surface area contributed by atoms with E-state index in [1.807, 2.05) is 0 Å². The van der Waals surface area contributed by atoms with Crippen LogP contribution in [0.5, 0.6) is 0 Å². The minimum atomic E-state index is -6.25. The fourth-order valence-electron chi connectivity index (χ4n) is 0.743. The van der Waals surface area contributed by atoms with Crippen molar-refractivity contribution in [2.24, 2.45) is 0 Å². The number of alkyl halides is 8. The first-order valence-corrected chi connectivity index (χ1v) is 2.51. The van der Waals surface area contributed by atoms with E-state index in [1.165, 1.54) is 0 Å². The predicted octanol–water partition coefficient (Wildman–Crippen LogP) is 2.54. The summed E-state index contributed by atoms with van der Waals surface area (Å²) in [6.07, 6.45) is -6.25. The molecule has 1 aliphatic carbocycles. The Kier molecular flexibility index (Phi) is 1.34. The van der Waals surface area contributed by atoms with Crippen molar-refractivity contribution in [1.82, 2.24) is 0 Å². The molecule has 0 spiro atoms. The summed E-state index contributed by atoms with van der Waals surface area (Å²) in [6.45, 7) is 0. The smallest absolute Gasteiger partial charge is 0.219 e. The zero-order valence-electron chi connectivity index (χ0n) is 5.02. The molecular formula is C4F8. The second-order valence-corrected chi connectivity index (χ2v) is 2.31. The summed E-state index contributed by atoms with van der Waals surface area (Å²) in [5.74, 6) is -11.3. The topological polar surface area (TPSA) is 0 Å². The van der Waals surface area contributed by atoms with Gasteiger partial charge in [-0.05, 0) is 0 Å². The Hall–Kier alpha value is -0.560. The van der Waals surface area contributed by atoms with Crippen LogP contribution in [0, 0.1) is 0 Å². The number of hydrogen-bond donors (Lipinski definition) is 0. The minimum Gasteiger partial charge on any atom is -0.219 e. The van der Waals surface area contributed by atoms with Gasteiger partial charge < -0.3 is 0 Å². The van der Waals surface area contributed by atoms with Crippen LogP contribution in [0.3, 0.4) is 0 Å². The van der Waals surface area contributed by atoms with Crippen molar-refractivity contribution >= 4 is 0 Å². The van der Waals surface area contributed by atoms with Crippen LogP contribution in [0.1, 0.15) is 0 Å². The van der Waals surface area contributed by atoms with Crippen molar-refractivity contribution in [3.63, 3.8) is 0 Å². The molecule has 0 heterocycles. The van der Waals surface area contributed by atoms with Gasteiger partial charge in [0.25, 0.3) is 0 Å². The Bertz CT molecular complexity index is 198. The van der Waals surface area contributed by atoms with E-state index < -0.39 is 23.7 Å². The molecule has 0 bridgehead atoms. The van der Waals surface area contributed by atoms with Gasteiger partial charge in [-0.3, -0.25) is 0 Å². The molecule has 0 atom stereocenters. The van der Waals surface area contributed by atoms with Crippen molar-refractivity contribution in [2.75, 3.05) is 0 Å². The molecule has 0 aromatic carbocycles. The monoisotopic (exact) mass is 200 g/mol. The Labute approximate surface area is 60.2 Å². The highest BCUT2D eigenvalue weighted by Gasteiger charge is 3.07. The zero-order valence-corrected chi connectivity index (χ0v) is 5.02. The fraction of sp³-hybridized carbons (Fsp3) is 1.00. The highest BCUT2D eigenvalue weighted by molar-refractivity contribution is 5.32. The molecule has 0 aromatic rings. The van der Waals surface area contributed by atoms with Gasteiger partial charge in [0.2, 0.25) is 0 Å². The zero-order chi connectivity index (χ0) is 10.0. The van der Waals surface area contributed by atoms with Gasteiger partial charge in [-0.15, -0.1) is 0 Å². The summed E-state index contributed by atoms with van der Waals surface area (Å²) in [6, 6.07) is 0. The second kappa shape index (κ2) is 1.69. The maximum absolute atomic E-state index is 11.9. The molecule has 0 amide bonds. The van der Waals surface area contributed by atoms with E-state index in [-0.39, 0.29) is 0 Å². The van der Waals surface area contributed by atoms with Gasteiger partial charge in [-0.1, -0.05) is 0 Å². The van der Waals surface area contributed by atoms with E-state index in [1.54, 1.807) is 0 Å². The van der Waals surface area contributed by atoms with Crippen molar-refractivity contribution in [3.05, 3.63) is 0 Å². The summed E-state index contributed by atoms with van der Waals surface area (Å²) in [5.41, 5.74) is -5.69. The van der Waals surface area contributed by atoms with Gasteiger partial charge in [0.1, 0.15) is 0 Å². The van der Waals surface area contributed by atoms with Gasteiger partial charge in [0, 0.05) is 0 Å². The van der Waals surface area contributed by atoms with E-state index in [4.69, 9.17) is 0 Å². The van der Waals surface area contributed by atoms with E-state index in [2.05, 4.69) is 0 Å². The molecule has 8 heteroatoms. The molecule has 0 N–H and O–H groups in total. The van der Waals surface area contributed by atoms with Crippen molar-refractivity contribution in [1.29, 1.82) is 0 Å². The lowest BCUT2D eigenvalue weighted by atomic mass is 10.3. The third-order valence-electron chi connectivity index (χ3n) is 1.59. The van der Waals surface area contributed by atoms with E-state index in [9.17, 15) is 35.1 Å². The van der Waals surface area contributed by atoms with Crippen LogP contribution in [0.25, 0.3) is 0 Å². The Morgan fingerprint density at radius 2 is 0.917 bits per heavy atom. The number of hydrogen-bond acceptors (Lipinski definition) is 0. The molecule has 1 aliphatic rings. The largest absolute Gasteiger partial charge is 0.435 e. The standard InChI is InChI=1S/C4F8/c5-1(4(10,11)12)2(6,7)3(1,8)9. The van der Waals surface area contributed by atoms with E-state index in [0.717, 1.165) is 0 Å². The third kappa shape index (κ3) is 0.601.